The SMILES string of the molecule is CC1C(N2CCCCC2)C(c2ccccc2)S1(=O)=O.c1ccc2c(c1)C1CCC2c2ccccc21. The van der Waals surface area contributed by atoms with Crippen LogP contribution in [0, 0.1) is 0 Å². The van der Waals surface area contributed by atoms with E-state index in [2.05, 4.69) is 53.4 Å². The Morgan fingerprint density at radius 3 is 1.60 bits per heavy atom. The van der Waals surface area contributed by atoms with Crippen LogP contribution < -0.4 is 0 Å². The predicted octanol–water partition coefficient (Wildman–Crippen LogP) is 6.46. The summed E-state index contributed by atoms with van der Waals surface area (Å²) in [6.07, 6.45) is 6.34. The molecule has 182 valence electrons. The van der Waals surface area contributed by atoms with Crippen molar-refractivity contribution in [3.05, 3.63) is 107 Å². The van der Waals surface area contributed by atoms with E-state index in [9.17, 15) is 8.42 Å². The molecule has 2 heterocycles. The second-order valence-corrected chi connectivity index (χ2v) is 13.1. The zero-order chi connectivity index (χ0) is 24.0. The fourth-order valence-electron chi connectivity index (χ4n) is 7.09. The van der Waals surface area contributed by atoms with Crippen molar-refractivity contribution in [1.29, 1.82) is 0 Å². The van der Waals surface area contributed by atoms with Crippen LogP contribution in [0.3, 0.4) is 0 Å². The van der Waals surface area contributed by atoms with Crippen molar-refractivity contribution in [2.45, 2.75) is 67.4 Å². The Morgan fingerprint density at radius 1 is 0.657 bits per heavy atom. The fourth-order valence-corrected chi connectivity index (χ4v) is 9.33. The summed E-state index contributed by atoms with van der Waals surface area (Å²) >= 11 is 0. The smallest absolute Gasteiger partial charge is 0.163 e. The van der Waals surface area contributed by atoms with Crippen molar-refractivity contribution in [2.75, 3.05) is 13.1 Å². The summed E-state index contributed by atoms with van der Waals surface area (Å²) < 4.78 is 24.8. The number of hydrogen-bond acceptors (Lipinski definition) is 3. The molecule has 2 saturated heterocycles. The van der Waals surface area contributed by atoms with Crippen molar-refractivity contribution in [2.24, 2.45) is 0 Å². The molecule has 0 radical (unpaired) electrons. The quantitative estimate of drug-likeness (QED) is 0.418. The molecule has 3 aromatic rings. The third kappa shape index (κ3) is 3.86. The van der Waals surface area contributed by atoms with Gasteiger partial charge in [0, 0.05) is 17.9 Å². The van der Waals surface area contributed by atoms with Gasteiger partial charge >= 0.3 is 0 Å². The number of likely N-dealkylation sites (tertiary alicyclic amines) is 1. The summed E-state index contributed by atoms with van der Waals surface area (Å²) in [4.78, 5) is 2.40. The van der Waals surface area contributed by atoms with Crippen LogP contribution in [0.25, 0.3) is 0 Å². The Labute approximate surface area is 210 Å². The standard InChI is InChI=1S/C16H14.C15H21NO2S/c1-2-6-12-11(5-1)15-9-10-16(12)14-8-4-3-7-13(14)15;1-12-14(16-10-6-3-7-11-16)15(19(12,17)18)13-8-4-2-5-9-13/h1-8,15-16H,9-10H2;2,4-5,8-9,12,14-15H,3,6-7,10-11H2,1H3. The van der Waals surface area contributed by atoms with Gasteiger partial charge in [-0.1, -0.05) is 85.3 Å². The average molecular weight is 486 g/mol. The monoisotopic (exact) mass is 485 g/mol. The lowest BCUT2D eigenvalue weighted by molar-refractivity contribution is 0.139. The molecule has 0 aromatic heterocycles. The first-order valence-electron chi connectivity index (χ1n) is 13.3. The zero-order valence-corrected chi connectivity index (χ0v) is 21.3. The van der Waals surface area contributed by atoms with Gasteiger partial charge in [-0.15, -0.1) is 0 Å². The van der Waals surface area contributed by atoms with Crippen LogP contribution in [0.2, 0.25) is 0 Å². The normalized spacial score (nSPS) is 30.3. The maximum absolute atomic E-state index is 12.4. The minimum Gasteiger partial charge on any atom is -0.297 e. The number of benzene rings is 3. The highest BCUT2D eigenvalue weighted by molar-refractivity contribution is 7.93. The van der Waals surface area contributed by atoms with Gasteiger partial charge in [0.15, 0.2) is 9.84 Å². The van der Waals surface area contributed by atoms with E-state index >= 15 is 0 Å². The Balaban J connectivity index is 0.000000132. The Hall–Kier alpha value is -2.43. The molecule has 2 fully saturated rings. The maximum Gasteiger partial charge on any atom is 0.163 e. The third-order valence-corrected chi connectivity index (χ3v) is 11.4. The lowest BCUT2D eigenvalue weighted by Crippen LogP contribution is -2.61. The summed E-state index contributed by atoms with van der Waals surface area (Å²) in [7, 11) is -2.99. The van der Waals surface area contributed by atoms with Gasteiger partial charge in [0.2, 0.25) is 0 Å². The molecule has 0 N–H and O–H groups in total. The van der Waals surface area contributed by atoms with Crippen LogP contribution in [0.1, 0.15) is 83.9 Å². The zero-order valence-electron chi connectivity index (χ0n) is 20.5. The molecule has 3 atom stereocenters. The Kier molecular flexibility index (Phi) is 6.06. The first-order valence-corrected chi connectivity index (χ1v) is 14.9. The number of sulfone groups is 1. The van der Waals surface area contributed by atoms with Crippen LogP contribution in [0.15, 0.2) is 78.9 Å². The molecule has 0 saturated carbocycles. The molecular formula is C31H35NO2S. The molecule has 0 spiro atoms. The van der Waals surface area contributed by atoms with Gasteiger partial charge in [-0.25, -0.2) is 8.42 Å². The first kappa shape index (κ1) is 23.0. The predicted molar refractivity (Wildman–Crippen MR) is 143 cm³/mol. The molecule has 4 heteroatoms. The lowest BCUT2D eigenvalue weighted by atomic mass is 9.64. The van der Waals surface area contributed by atoms with E-state index in [1.165, 1.54) is 32.1 Å². The van der Waals surface area contributed by atoms with E-state index < -0.39 is 9.84 Å². The van der Waals surface area contributed by atoms with Gasteiger partial charge in [-0.3, -0.25) is 4.90 Å². The summed E-state index contributed by atoms with van der Waals surface area (Å²) in [5.74, 6) is 1.33. The van der Waals surface area contributed by atoms with Crippen LogP contribution in [0.4, 0.5) is 0 Å². The second kappa shape index (κ2) is 9.22. The van der Waals surface area contributed by atoms with Gasteiger partial charge in [-0.2, -0.15) is 0 Å². The van der Waals surface area contributed by atoms with Gasteiger partial charge in [0.05, 0.1) is 5.25 Å². The highest BCUT2D eigenvalue weighted by atomic mass is 32.2. The molecule has 2 aliphatic heterocycles. The van der Waals surface area contributed by atoms with Crippen LogP contribution in [-0.4, -0.2) is 37.7 Å². The number of piperidine rings is 1. The van der Waals surface area contributed by atoms with Crippen molar-refractivity contribution >= 4 is 9.84 Å². The summed E-state index contributed by atoms with van der Waals surface area (Å²) in [6, 6.07) is 27.9. The molecule has 0 amide bonds. The summed E-state index contributed by atoms with van der Waals surface area (Å²) in [5, 5.41) is -0.544. The molecule has 8 rings (SSSR count). The van der Waals surface area contributed by atoms with E-state index in [1.807, 2.05) is 37.3 Å². The number of fused-ring (bicyclic) bond motifs is 1. The molecular weight excluding hydrogens is 450 g/mol. The minimum absolute atomic E-state index is 0.174. The summed E-state index contributed by atoms with van der Waals surface area (Å²) in [5.41, 5.74) is 7.28. The molecule has 35 heavy (non-hydrogen) atoms. The highest BCUT2D eigenvalue weighted by Crippen LogP contribution is 2.52. The van der Waals surface area contributed by atoms with Gasteiger partial charge < -0.3 is 0 Å². The molecule has 2 bridgehead atoms. The molecule has 5 aliphatic rings. The molecule has 3 aliphatic carbocycles. The fraction of sp³-hybridized carbons (Fsp3) is 0.419. The van der Waals surface area contributed by atoms with E-state index in [0.29, 0.717) is 11.8 Å². The van der Waals surface area contributed by atoms with E-state index in [4.69, 9.17) is 0 Å². The largest absolute Gasteiger partial charge is 0.297 e. The van der Waals surface area contributed by atoms with E-state index in [1.54, 1.807) is 22.3 Å². The molecule has 3 nitrogen and oxygen atoms in total. The molecule has 3 aromatic carbocycles. The molecule has 3 unspecified atom stereocenters. The van der Waals surface area contributed by atoms with E-state index in [-0.39, 0.29) is 16.5 Å². The Morgan fingerprint density at radius 2 is 1.11 bits per heavy atom. The van der Waals surface area contributed by atoms with Crippen molar-refractivity contribution in [1.82, 2.24) is 4.90 Å². The van der Waals surface area contributed by atoms with Crippen LogP contribution >= 0.6 is 0 Å². The first-order chi connectivity index (χ1) is 17.1. The van der Waals surface area contributed by atoms with Crippen molar-refractivity contribution in [3.63, 3.8) is 0 Å². The number of nitrogens with zero attached hydrogens (tertiary/aromatic N) is 1. The number of hydrogen-bond donors (Lipinski definition) is 0. The Bertz CT molecular complexity index is 1200. The van der Waals surface area contributed by atoms with Gasteiger partial charge in [0.1, 0.15) is 5.25 Å². The summed E-state index contributed by atoms with van der Waals surface area (Å²) in [6.45, 7) is 3.97. The number of rotatable bonds is 2. The second-order valence-electron chi connectivity index (χ2n) is 10.7. The van der Waals surface area contributed by atoms with Crippen LogP contribution in [0.5, 0.6) is 0 Å². The maximum atomic E-state index is 12.4. The topological polar surface area (TPSA) is 37.4 Å². The highest BCUT2D eigenvalue weighted by Gasteiger charge is 2.55. The van der Waals surface area contributed by atoms with Gasteiger partial charge in [-0.05, 0) is 73.5 Å². The van der Waals surface area contributed by atoms with E-state index in [0.717, 1.165) is 18.7 Å². The average Bonchev–Trinajstić information content (AvgIpc) is 2.93. The van der Waals surface area contributed by atoms with Crippen LogP contribution in [-0.2, 0) is 9.84 Å². The third-order valence-electron chi connectivity index (χ3n) is 8.84. The van der Waals surface area contributed by atoms with Crippen molar-refractivity contribution in [3.8, 4) is 0 Å². The van der Waals surface area contributed by atoms with Crippen molar-refractivity contribution < 1.29 is 8.42 Å². The van der Waals surface area contributed by atoms with Gasteiger partial charge in [0.25, 0.3) is 0 Å². The lowest BCUT2D eigenvalue weighted by Gasteiger charge is -2.49. The minimum atomic E-state index is -2.99.